The third kappa shape index (κ3) is 3.31. The largest absolute Gasteiger partial charge is 0.462 e. The highest BCUT2D eigenvalue weighted by molar-refractivity contribution is 5.89. The fraction of sp³-hybridized carbons (Fsp3) is 0.235. The summed E-state index contributed by atoms with van der Waals surface area (Å²) >= 11 is 0. The van der Waals surface area contributed by atoms with Crippen molar-refractivity contribution in [2.45, 2.75) is 19.4 Å². The average molecular weight is 295 g/mol. The monoisotopic (exact) mass is 295 g/mol. The number of carbonyl (C=O) groups is 1. The van der Waals surface area contributed by atoms with Crippen molar-refractivity contribution in [1.29, 1.82) is 0 Å². The molecule has 22 heavy (non-hydrogen) atoms. The zero-order valence-electron chi connectivity index (χ0n) is 12.2. The lowest BCUT2D eigenvalue weighted by molar-refractivity contribution is 0.0497. The number of aryl methyl sites for hydroxylation is 1. The molecule has 0 saturated carbocycles. The number of rotatable bonds is 6. The van der Waals surface area contributed by atoms with E-state index in [2.05, 4.69) is 10.3 Å². The Morgan fingerprint density at radius 1 is 1.00 bits per heavy atom. The maximum Gasteiger partial charge on any atom is 0.338 e. The Hall–Kier alpha value is -2.69. The van der Waals surface area contributed by atoms with Gasteiger partial charge in [-0.1, -0.05) is 35.5 Å². The van der Waals surface area contributed by atoms with Gasteiger partial charge in [0.2, 0.25) is 0 Å². The minimum Gasteiger partial charge on any atom is -0.462 e. The van der Waals surface area contributed by atoms with Gasteiger partial charge in [-0.3, -0.25) is 0 Å². The van der Waals surface area contributed by atoms with Crippen molar-refractivity contribution in [1.82, 2.24) is 15.0 Å². The van der Waals surface area contributed by atoms with Gasteiger partial charge >= 0.3 is 5.97 Å². The Morgan fingerprint density at radius 2 is 1.77 bits per heavy atom. The second-order valence-corrected chi connectivity index (χ2v) is 5.01. The first-order chi connectivity index (χ1) is 10.8. The zero-order chi connectivity index (χ0) is 15.2. The topological polar surface area (TPSA) is 57.0 Å². The van der Waals surface area contributed by atoms with Crippen molar-refractivity contribution < 1.29 is 9.53 Å². The van der Waals surface area contributed by atoms with Gasteiger partial charge in [0.25, 0.3) is 0 Å². The molecule has 0 fully saturated rings. The van der Waals surface area contributed by atoms with Gasteiger partial charge in [-0.05, 0) is 37.1 Å². The van der Waals surface area contributed by atoms with E-state index in [0.29, 0.717) is 12.2 Å². The van der Waals surface area contributed by atoms with Gasteiger partial charge in [0.1, 0.15) is 5.52 Å². The van der Waals surface area contributed by atoms with Crippen LogP contribution in [0.25, 0.3) is 11.0 Å². The Labute approximate surface area is 128 Å². The van der Waals surface area contributed by atoms with Gasteiger partial charge in [-0.15, -0.1) is 5.10 Å². The Bertz CT molecular complexity index is 753. The lowest BCUT2D eigenvalue weighted by Gasteiger charge is -2.05. The van der Waals surface area contributed by atoms with Gasteiger partial charge in [-0.2, -0.15) is 0 Å². The molecule has 112 valence electrons. The van der Waals surface area contributed by atoms with Crippen LogP contribution in [0.1, 0.15) is 23.2 Å². The Kier molecular flexibility index (Phi) is 4.44. The van der Waals surface area contributed by atoms with Crippen LogP contribution in [0.15, 0.2) is 54.6 Å². The van der Waals surface area contributed by atoms with Crippen molar-refractivity contribution in [3.8, 4) is 0 Å². The number of aromatic nitrogens is 3. The summed E-state index contributed by atoms with van der Waals surface area (Å²) in [6.45, 7) is 1.18. The van der Waals surface area contributed by atoms with E-state index in [9.17, 15) is 4.79 Å². The first kappa shape index (κ1) is 14.3. The Balaban J connectivity index is 1.43. The van der Waals surface area contributed by atoms with Crippen LogP contribution >= 0.6 is 0 Å². The normalized spacial score (nSPS) is 10.7. The molecule has 0 spiro atoms. The molecule has 2 aromatic carbocycles. The number of nitrogens with zero attached hydrogens (tertiary/aromatic N) is 3. The van der Waals surface area contributed by atoms with Crippen molar-refractivity contribution in [2.24, 2.45) is 0 Å². The zero-order valence-corrected chi connectivity index (χ0v) is 12.2. The second-order valence-electron chi connectivity index (χ2n) is 5.01. The first-order valence-electron chi connectivity index (χ1n) is 7.35. The summed E-state index contributed by atoms with van der Waals surface area (Å²) in [5.74, 6) is -0.271. The molecule has 5 nitrogen and oxygen atoms in total. The third-order valence-corrected chi connectivity index (χ3v) is 3.43. The van der Waals surface area contributed by atoms with Crippen LogP contribution in [0.4, 0.5) is 0 Å². The van der Waals surface area contributed by atoms with Gasteiger partial charge in [-0.25, -0.2) is 9.48 Å². The molecule has 0 amide bonds. The Morgan fingerprint density at radius 3 is 2.64 bits per heavy atom. The fourth-order valence-electron chi connectivity index (χ4n) is 2.27. The molecule has 1 aromatic heterocycles. The average Bonchev–Trinajstić information content (AvgIpc) is 2.98. The van der Waals surface area contributed by atoms with Crippen molar-refractivity contribution in [2.75, 3.05) is 6.61 Å². The van der Waals surface area contributed by atoms with Gasteiger partial charge in [0.05, 0.1) is 17.7 Å². The fourth-order valence-corrected chi connectivity index (χ4v) is 2.27. The molecule has 5 heteroatoms. The number of ether oxygens (including phenoxy) is 1. The molecule has 3 rings (SSSR count). The number of para-hydroxylation sites is 1. The highest BCUT2D eigenvalue weighted by atomic mass is 16.5. The predicted octanol–water partition coefficient (Wildman–Crippen LogP) is 3.07. The van der Waals surface area contributed by atoms with E-state index >= 15 is 0 Å². The third-order valence-electron chi connectivity index (χ3n) is 3.43. The maximum absolute atomic E-state index is 11.8. The van der Waals surface area contributed by atoms with Crippen molar-refractivity contribution >= 4 is 17.0 Å². The number of benzene rings is 2. The summed E-state index contributed by atoms with van der Waals surface area (Å²) in [6, 6.07) is 16.9. The molecule has 0 aliphatic heterocycles. The van der Waals surface area contributed by atoms with Crippen molar-refractivity contribution in [3.05, 3.63) is 60.2 Å². The number of esters is 1. The summed E-state index contributed by atoms with van der Waals surface area (Å²) in [4.78, 5) is 11.8. The molecule has 0 unspecified atom stereocenters. The molecule has 0 aliphatic rings. The predicted molar refractivity (Wildman–Crippen MR) is 83.5 cm³/mol. The lowest BCUT2D eigenvalue weighted by Crippen LogP contribution is -2.07. The quantitative estimate of drug-likeness (QED) is 0.518. The van der Waals surface area contributed by atoms with Gasteiger partial charge < -0.3 is 4.74 Å². The molecule has 0 bridgehead atoms. The van der Waals surface area contributed by atoms with Crippen LogP contribution in [0.2, 0.25) is 0 Å². The van der Waals surface area contributed by atoms with E-state index in [1.807, 2.05) is 47.1 Å². The number of hydrogen-bond acceptors (Lipinski definition) is 4. The highest BCUT2D eigenvalue weighted by Gasteiger charge is 2.06. The maximum atomic E-state index is 11.8. The number of fused-ring (bicyclic) bond motifs is 1. The van der Waals surface area contributed by atoms with Crippen LogP contribution < -0.4 is 0 Å². The standard InChI is InChI=1S/C17H17N3O2/c21-17(14-8-2-1-3-9-14)22-13-7-6-12-20-16-11-5-4-10-15(16)18-19-20/h1-5,8-11H,6-7,12-13H2. The summed E-state index contributed by atoms with van der Waals surface area (Å²) in [5.41, 5.74) is 2.52. The lowest BCUT2D eigenvalue weighted by atomic mass is 10.2. The van der Waals surface area contributed by atoms with Crippen LogP contribution in [0.5, 0.6) is 0 Å². The molecule has 0 atom stereocenters. The first-order valence-corrected chi connectivity index (χ1v) is 7.35. The SMILES string of the molecule is O=C(OCCCCn1nnc2ccccc21)c1ccccc1. The summed E-state index contributed by atoms with van der Waals surface area (Å²) in [7, 11) is 0. The van der Waals surface area contributed by atoms with E-state index in [-0.39, 0.29) is 5.97 Å². The number of carbonyl (C=O) groups excluding carboxylic acids is 1. The number of hydrogen-bond donors (Lipinski definition) is 0. The van der Waals surface area contributed by atoms with Crippen LogP contribution in [-0.2, 0) is 11.3 Å². The molecular weight excluding hydrogens is 278 g/mol. The van der Waals surface area contributed by atoms with Crippen molar-refractivity contribution in [3.63, 3.8) is 0 Å². The minimum atomic E-state index is -0.271. The molecule has 1 heterocycles. The molecule has 0 radical (unpaired) electrons. The van der Waals surface area contributed by atoms with E-state index in [4.69, 9.17) is 4.74 Å². The minimum absolute atomic E-state index is 0.271. The summed E-state index contributed by atoms with van der Waals surface area (Å²) < 4.78 is 7.13. The second kappa shape index (κ2) is 6.85. The molecule has 3 aromatic rings. The summed E-state index contributed by atoms with van der Waals surface area (Å²) in [5, 5.41) is 8.25. The van der Waals surface area contributed by atoms with Crippen LogP contribution in [0, 0.1) is 0 Å². The number of unbranched alkanes of at least 4 members (excludes halogenated alkanes) is 1. The van der Waals surface area contributed by atoms with E-state index < -0.39 is 0 Å². The van der Waals surface area contributed by atoms with E-state index in [1.165, 1.54) is 0 Å². The van der Waals surface area contributed by atoms with Gasteiger partial charge in [0.15, 0.2) is 0 Å². The summed E-state index contributed by atoms with van der Waals surface area (Å²) in [6.07, 6.45) is 1.68. The molecular formula is C17H17N3O2. The van der Waals surface area contributed by atoms with E-state index in [0.717, 1.165) is 30.4 Å². The molecule has 0 aliphatic carbocycles. The van der Waals surface area contributed by atoms with E-state index in [1.54, 1.807) is 12.1 Å². The molecule has 0 N–H and O–H groups in total. The van der Waals surface area contributed by atoms with Gasteiger partial charge in [0, 0.05) is 6.54 Å². The smallest absolute Gasteiger partial charge is 0.338 e. The molecule has 0 saturated heterocycles. The van der Waals surface area contributed by atoms with Crippen LogP contribution in [-0.4, -0.2) is 27.6 Å². The highest BCUT2D eigenvalue weighted by Crippen LogP contribution is 2.10. The van der Waals surface area contributed by atoms with Crippen LogP contribution in [0.3, 0.4) is 0 Å².